The molecule has 1 saturated carbocycles. The Kier molecular flexibility index (Phi) is 8.32. The Balaban J connectivity index is 1.64. The molecule has 1 aliphatic heterocycles. The van der Waals surface area contributed by atoms with Crippen LogP contribution in [0.25, 0.3) is 0 Å². The number of rotatable bonds is 8. The molecule has 2 fully saturated rings. The van der Waals surface area contributed by atoms with Crippen LogP contribution in [0.15, 0.2) is 30.3 Å². The number of hydrogen-bond donors (Lipinski definition) is 2. The molecule has 0 spiro atoms. The first-order valence-electron chi connectivity index (χ1n) is 10.9. The number of aliphatic hydroxyl groups is 1. The highest BCUT2D eigenvalue weighted by atomic mass is 32.2. The van der Waals surface area contributed by atoms with Crippen molar-refractivity contribution in [1.82, 2.24) is 9.62 Å². The predicted molar refractivity (Wildman–Crippen MR) is 117 cm³/mol. The smallest absolute Gasteiger partial charge is 0.410 e. The average molecular weight is 455 g/mol. The number of aliphatic hydroxyl groups excluding tert-OH is 1. The van der Waals surface area contributed by atoms with Gasteiger partial charge in [0.25, 0.3) is 0 Å². The quantitative estimate of drug-likeness (QED) is 0.624. The minimum absolute atomic E-state index is 0.0789. The number of methoxy groups -OCH3 is 1. The number of ether oxygens (including phenoxy) is 2. The van der Waals surface area contributed by atoms with E-state index in [2.05, 4.69) is 29.0 Å². The number of carbonyl (C=O) groups is 1. The van der Waals surface area contributed by atoms with Crippen molar-refractivity contribution in [1.29, 1.82) is 0 Å². The van der Waals surface area contributed by atoms with E-state index >= 15 is 0 Å². The van der Waals surface area contributed by atoms with Gasteiger partial charge in [-0.1, -0.05) is 30.3 Å². The summed E-state index contributed by atoms with van der Waals surface area (Å²) < 4.78 is 37.6. The van der Waals surface area contributed by atoms with Crippen LogP contribution in [0.4, 0.5) is 4.79 Å². The van der Waals surface area contributed by atoms with Crippen molar-refractivity contribution in [2.24, 2.45) is 0 Å². The molecule has 0 bridgehead atoms. The lowest BCUT2D eigenvalue weighted by Crippen LogP contribution is -2.50. The van der Waals surface area contributed by atoms with Gasteiger partial charge in [-0.3, -0.25) is 4.90 Å². The average Bonchev–Trinajstić information content (AvgIpc) is 3.08. The molecule has 1 amide bonds. The Morgan fingerprint density at radius 1 is 1.19 bits per heavy atom. The third-order valence-corrected chi connectivity index (χ3v) is 7.13. The summed E-state index contributed by atoms with van der Waals surface area (Å²) in [6, 6.07) is 9.23. The van der Waals surface area contributed by atoms with Crippen LogP contribution < -0.4 is 4.72 Å². The third kappa shape index (κ3) is 6.41. The van der Waals surface area contributed by atoms with Crippen LogP contribution in [0.3, 0.4) is 0 Å². The van der Waals surface area contributed by atoms with Gasteiger partial charge in [-0.25, -0.2) is 17.9 Å². The molecule has 1 saturated heterocycles. The first kappa shape index (κ1) is 24.0. The fourth-order valence-corrected chi connectivity index (χ4v) is 5.75. The van der Waals surface area contributed by atoms with Crippen molar-refractivity contribution in [2.45, 2.75) is 68.7 Å². The molecule has 174 valence electrons. The maximum Gasteiger partial charge on any atom is 0.410 e. The molecule has 9 heteroatoms. The van der Waals surface area contributed by atoms with Crippen molar-refractivity contribution < 1.29 is 27.8 Å². The summed E-state index contributed by atoms with van der Waals surface area (Å²) in [5.74, 6) is 0.535. The predicted octanol–water partition coefficient (Wildman–Crippen LogP) is 2.24. The molecule has 1 unspecified atom stereocenters. The van der Waals surface area contributed by atoms with Gasteiger partial charge in [0.2, 0.25) is 10.0 Å². The van der Waals surface area contributed by atoms with E-state index in [-0.39, 0.29) is 25.4 Å². The van der Waals surface area contributed by atoms with E-state index in [4.69, 9.17) is 9.47 Å². The monoisotopic (exact) mass is 454 g/mol. The summed E-state index contributed by atoms with van der Waals surface area (Å²) in [5, 5.41) is 9.41. The molecule has 2 aliphatic rings. The summed E-state index contributed by atoms with van der Waals surface area (Å²) in [6.07, 6.45) is 5.36. The van der Waals surface area contributed by atoms with E-state index in [1.807, 2.05) is 6.07 Å². The molecule has 0 aromatic heterocycles. The lowest BCUT2D eigenvalue weighted by Gasteiger charge is -2.33. The molecule has 3 atom stereocenters. The SMILES string of the molecule is COC(=O)N1C(COC2CCC(c3ccccc3)CC2)[C@@H](NS(C)(=O)=O)C[C@H]1CCO. The molecular formula is C22H34N2O6S. The van der Waals surface area contributed by atoms with E-state index in [9.17, 15) is 18.3 Å². The van der Waals surface area contributed by atoms with E-state index in [0.717, 1.165) is 31.9 Å². The number of amides is 1. The number of nitrogens with zero attached hydrogens (tertiary/aromatic N) is 1. The molecule has 1 aromatic carbocycles. The minimum atomic E-state index is -3.46. The number of hydrogen-bond acceptors (Lipinski definition) is 6. The number of nitrogens with one attached hydrogen (secondary N) is 1. The number of sulfonamides is 1. The Morgan fingerprint density at radius 2 is 1.87 bits per heavy atom. The largest absolute Gasteiger partial charge is 0.453 e. The second-order valence-electron chi connectivity index (χ2n) is 8.56. The van der Waals surface area contributed by atoms with Gasteiger partial charge >= 0.3 is 6.09 Å². The normalized spacial score (nSPS) is 29.1. The van der Waals surface area contributed by atoms with Crippen LogP contribution >= 0.6 is 0 Å². The zero-order valence-corrected chi connectivity index (χ0v) is 19.1. The topological polar surface area (TPSA) is 105 Å². The van der Waals surface area contributed by atoms with Crippen molar-refractivity contribution in [3.8, 4) is 0 Å². The van der Waals surface area contributed by atoms with Gasteiger partial charge in [-0.05, 0) is 50.0 Å². The summed E-state index contributed by atoms with van der Waals surface area (Å²) in [4.78, 5) is 14.0. The van der Waals surface area contributed by atoms with E-state index in [0.29, 0.717) is 18.8 Å². The second kappa shape index (κ2) is 10.8. The number of likely N-dealkylation sites (tertiary alicyclic amines) is 1. The van der Waals surface area contributed by atoms with E-state index < -0.39 is 28.2 Å². The van der Waals surface area contributed by atoms with Crippen LogP contribution in [0.5, 0.6) is 0 Å². The van der Waals surface area contributed by atoms with Crippen molar-refractivity contribution in [3.05, 3.63) is 35.9 Å². The van der Waals surface area contributed by atoms with Gasteiger partial charge in [-0.2, -0.15) is 0 Å². The Hall–Kier alpha value is -1.68. The standard InChI is InChI=1S/C22H34N2O6S/c1-29-22(26)24-18(12-13-25)14-20(23-31(2,27)28)21(24)15-30-19-10-8-17(9-11-19)16-6-4-3-5-7-16/h3-7,17-21,23,25H,8-15H2,1-2H3/t17?,18-,19?,20+,21?/m1/s1. The van der Waals surface area contributed by atoms with Crippen LogP contribution in [0.1, 0.15) is 50.0 Å². The maximum atomic E-state index is 12.5. The van der Waals surface area contributed by atoms with E-state index in [1.54, 1.807) is 0 Å². The van der Waals surface area contributed by atoms with Gasteiger partial charge in [0, 0.05) is 18.7 Å². The van der Waals surface area contributed by atoms with Crippen molar-refractivity contribution in [2.75, 3.05) is 26.6 Å². The highest BCUT2D eigenvalue weighted by Gasteiger charge is 2.45. The minimum Gasteiger partial charge on any atom is -0.453 e. The number of carbonyl (C=O) groups excluding carboxylic acids is 1. The first-order chi connectivity index (χ1) is 14.8. The molecule has 2 N–H and O–H groups in total. The van der Waals surface area contributed by atoms with Gasteiger partial charge in [-0.15, -0.1) is 0 Å². The van der Waals surface area contributed by atoms with Crippen LogP contribution in [0, 0.1) is 0 Å². The van der Waals surface area contributed by atoms with Crippen LogP contribution in [-0.4, -0.2) is 75.3 Å². The summed E-state index contributed by atoms with van der Waals surface area (Å²) >= 11 is 0. The summed E-state index contributed by atoms with van der Waals surface area (Å²) in [7, 11) is -2.16. The molecule has 1 aliphatic carbocycles. The molecule has 31 heavy (non-hydrogen) atoms. The molecule has 8 nitrogen and oxygen atoms in total. The van der Waals surface area contributed by atoms with Gasteiger partial charge in [0.15, 0.2) is 0 Å². The maximum absolute atomic E-state index is 12.5. The van der Waals surface area contributed by atoms with Gasteiger partial charge in [0.1, 0.15) is 0 Å². The zero-order valence-electron chi connectivity index (χ0n) is 18.3. The fraction of sp³-hybridized carbons (Fsp3) is 0.682. The van der Waals surface area contributed by atoms with Crippen LogP contribution in [-0.2, 0) is 19.5 Å². The number of benzene rings is 1. The lowest BCUT2D eigenvalue weighted by molar-refractivity contribution is -0.0102. The van der Waals surface area contributed by atoms with E-state index in [1.165, 1.54) is 17.6 Å². The van der Waals surface area contributed by atoms with Gasteiger partial charge < -0.3 is 14.6 Å². The highest BCUT2D eigenvalue weighted by molar-refractivity contribution is 7.88. The van der Waals surface area contributed by atoms with Gasteiger partial charge in [0.05, 0.1) is 32.1 Å². The molecular weight excluding hydrogens is 420 g/mol. The van der Waals surface area contributed by atoms with Crippen LogP contribution in [0.2, 0.25) is 0 Å². The Labute approximate surface area is 185 Å². The van der Waals surface area contributed by atoms with Crippen molar-refractivity contribution >= 4 is 16.1 Å². The summed E-state index contributed by atoms with van der Waals surface area (Å²) in [5.41, 5.74) is 1.36. The second-order valence-corrected chi connectivity index (χ2v) is 10.3. The molecule has 1 heterocycles. The first-order valence-corrected chi connectivity index (χ1v) is 12.8. The molecule has 3 rings (SSSR count). The third-order valence-electron chi connectivity index (χ3n) is 6.40. The molecule has 0 radical (unpaired) electrons. The highest BCUT2D eigenvalue weighted by Crippen LogP contribution is 2.35. The van der Waals surface area contributed by atoms with Crippen molar-refractivity contribution in [3.63, 3.8) is 0 Å². The summed E-state index contributed by atoms with van der Waals surface area (Å²) in [6.45, 7) is 0.131. The Morgan fingerprint density at radius 3 is 2.45 bits per heavy atom. The lowest BCUT2D eigenvalue weighted by atomic mass is 9.83. The zero-order chi connectivity index (χ0) is 22.4. The Bertz CT molecular complexity index is 811. The fourth-order valence-electron chi connectivity index (χ4n) is 4.95. The molecule has 1 aromatic rings.